The van der Waals surface area contributed by atoms with Crippen LogP contribution in [0, 0.1) is 34.5 Å². The number of nitrogens with one attached hydrogen (secondary N) is 1. The molecule has 3 fully saturated rings. The molecule has 0 heterocycles. The quantitative estimate of drug-likeness (QED) is 0.102. The Labute approximate surface area is 310 Å². The minimum absolute atomic E-state index is 0.0678. The standard InChI is InChI=1S/C41H65NO8S/c1-29(43)33-14-15-34-32-12-13-36-39(37(46)18-21-41(36,3)35(32)17-20-40(33,34)2)51-28-19-31(45)10-6-8-23-49-25-27-50-26-24-48-22-7-5-9-30(44)11-16-38(47)42-4/h32-35H,5-28H2,1-4H3,(H,42,47). The van der Waals surface area contributed by atoms with Gasteiger partial charge in [0, 0.05) is 70.5 Å². The third-order valence-corrected chi connectivity index (χ3v) is 14.0. The molecule has 6 atom stereocenters. The van der Waals surface area contributed by atoms with Gasteiger partial charge in [0.15, 0.2) is 5.78 Å². The van der Waals surface area contributed by atoms with Crippen LogP contribution in [0.2, 0.25) is 0 Å². The van der Waals surface area contributed by atoms with Crippen LogP contribution in [0.4, 0.5) is 0 Å². The smallest absolute Gasteiger partial charge is 0.220 e. The normalized spacial score (nSPS) is 28.6. The van der Waals surface area contributed by atoms with Gasteiger partial charge in [-0.2, -0.15) is 0 Å². The molecule has 3 saturated carbocycles. The number of unbranched alkanes of at least 4 members (excludes halogenated alkanes) is 2. The van der Waals surface area contributed by atoms with Gasteiger partial charge in [-0.3, -0.25) is 24.0 Å². The van der Waals surface area contributed by atoms with Crippen LogP contribution in [0.25, 0.3) is 0 Å². The number of carbonyl (C=O) groups is 5. The summed E-state index contributed by atoms with van der Waals surface area (Å²) >= 11 is 1.64. The van der Waals surface area contributed by atoms with Gasteiger partial charge in [-0.05, 0) is 112 Å². The Balaban J connectivity index is 1.03. The zero-order valence-electron chi connectivity index (χ0n) is 32.0. The second-order valence-electron chi connectivity index (χ2n) is 15.9. The average Bonchev–Trinajstić information content (AvgIpc) is 3.47. The SMILES string of the molecule is CNC(=O)CCC(=O)CCCCOCCOCCOCCCCC(=O)CCSC1=C2CCC3C(CCC4(C)C(C(C)=O)CCC34)C2(C)CCC1=O. The lowest BCUT2D eigenvalue weighted by Gasteiger charge is -2.58. The van der Waals surface area contributed by atoms with Crippen molar-refractivity contribution >= 4 is 40.8 Å². The zero-order valence-corrected chi connectivity index (χ0v) is 32.8. The van der Waals surface area contributed by atoms with Crippen molar-refractivity contribution < 1.29 is 38.2 Å². The van der Waals surface area contributed by atoms with Crippen molar-refractivity contribution in [2.24, 2.45) is 34.5 Å². The predicted molar refractivity (Wildman–Crippen MR) is 200 cm³/mol. The number of allylic oxidation sites excluding steroid dienone is 1. The lowest BCUT2D eigenvalue weighted by atomic mass is 9.46. The van der Waals surface area contributed by atoms with Gasteiger partial charge in [0.2, 0.25) is 5.91 Å². The summed E-state index contributed by atoms with van der Waals surface area (Å²) in [6.07, 6.45) is 13.5. The number of hydrogen-bond acceptors (Lipinski definition) is 9. The number of rotatable bonds is 24. The highest BCUT2D eigenvalue weighted by molar-refractivity contribution is 8.04. The lowest BCUT2D eigenvalue weighted by Crippen LogP contribution is -2.51. The molecular formula is C41H65NO8S. The summed E-state index contributed by atoms with van der Waals surface area (Å²) in [5, 5.41) is 2.52. The van der Waals surface area contributed by atoms with E-state index in [1.54, 1.807) is 25.7 Å². The molecule has 0 aliphatic heterocycles. The fourth-order valence-corrected chi connectivity index (χ4v) is 11.3. The van der Waals surface area contributed by atoms with E-state index < -0.39 is 0 Å². The Kier molecular flexibility index (Phi) is 16.9. The molecule has 0 aromatic carbocycles. The molecule has 1 amide bonds. The zero-order chi connectivity index (χ0) is 36.9. The topological polar surface area (TPSA) is 125 Å². The molecule has 51 heavy (non-hydrogen) atoms. The highest BCUT2D eigenvalue weighted by Crippen LogP contribution is 2.67. The Hall–Kier alpha value is -1.88. The third-order valence-electron chi connectivity index (χ3n) is 12.8. The number of hydrogen-bond donors (Lipinski definition) is 1. The van der Waals surface area contributed by atoms with Gasteiger partial charge < -0.3 is 19.5 Å². The number of ether oxygens (including phenoxy) is 3. The molecule has 4 aliphatic carbocycles. The number of Topliss-reactive ketones (excluding diaryl/α,β-unsaturated/α-hetero) is 4. The molecule has 0 radical (unpaired) electrons. The van der Waals surface area contributed by atoms with Crippen molar-refractivity contribution in [1.29, 1.82) is 0 Å². The first-order chi connectivity index (χ1) is 24.5. The monoisotopic (exact) mass is 731 g/mol. The molecule has 1 N–H and O–H groups in total. The van der Waals surface area contributed by atoms with Crippen LogP contribution in [-0.4, -0.2) is 81.5 Å². The molecule has 9 nitrogen and oxygen atoms in total. The molecule has 4 rings (SSSR count). The van der Waals surface area contributed by atoms with E-state index in [1.807, 2.05) is 0 Å². The van der Waals surface area contributed by atoms with E-state index in [0.29, 0.717) is 101 Å². The van der Waals surface area contributed by atoms with Crippen molar-refractivity contribution in [3.8, 4) is 0 Å². The van der Waals surface area contributed by atoms with Crippen molar-refractivity contribution in [2.75, 3.05) is 52.4 Å². The van der Waals surface area contributed by atoms with E-state index in [2.05, 4.69) is 19.2 Å². The number of thioether (sulfide) groups is 1. The van der Waals surface area contributed by atoms with Crippen LogP contribution in [0.1, 0.15) is 130 Å². The maximum atomic E-state index is 13.2. The van der Waals surface area contributed by atoms with E-state index in [9.17, 15) is 24.0 Å². The van der Waals surface area contributed by atoms with E-state index in [1.165, 1.54) is 12.0 Å². The molecule has 10 heteroatoms. The second-order valence-corrected chi connectivity index (χ2v) is 17.1. The van der Waals surface area contributed by atoms with Crippen LogP contribution in [0.5, 0.6) is 0 Å². The third kappa shape index (κ3) is 11.3. The van der Waals surface area contributed by atoms with Gasteiger partial charge in [-0.1, -0.05) is 13.8 Å². The van der Waals surface area contributed by atoms with Crippen molar-refractivity contribution in [2.45, 2.75) is 130 Å². The fraction of sp³-hybridized carbons (Fsp3) is 0.829. The molecule has 0 aromatic rings. The van der Waals surface area contributed by atoms with Crippen molar-refractivity contribution in [3.05, 3.63) is 10.5 Å². The Morgan fingerprint density at radius 2 is 1.35 bits per heavy atom. The summed E-state index contributed by atoms with van der Waals surface area (Å²) in [7, 11) is 1.57. The van der Waals surface area contributed by atoms with Gasteiger partial charge in [-0.25, -0.2) is 0 Å². The number of amides is 1. The molecule has 0 aromatic heterocycles. The van der Waals surface area contributed by atoms with Gasteiger partial charge in [-0.15, -0.1) is 11.8 Å². The van der Waals surface area contributed by atoms with Crippen LogP contribution in [0.3, 0.4) is 0 Å². The van der Waals surface area contributed by atoms with Crippen LogP contribution in [0.15, 0.2) is 10.5 Å². The minimum atomic E-state index is -0.105. The van der Waals surface area contributed by atoms with Gasteiger partial charge in [0.25, 0.3) is 0 Å². The van der Waals surface area contributed by atoms with Crippen molar-refractivity contribution in [3.63, 3.8) is 0 Å². The Morgan fingerprint density at radius 3 is 1.98 bits per heavy atom. The summed E-state index contributed by atoms with van der Waals surface area (Å²) in [5.41, 5.74) is 1.60. The Morgan fingerprint density at radius 1 is 0.725 bits per heavy atom. The maximum Gasteiger partial charge on any atom is 0.220 e. The Bertz CT molecular complexity index is 1250. The second kappa shape index (κ2) is 20.5. The average molecular weight is 732 g/mol. The first-order valence-corrected chi connectivity index (χ1v) is 20.9. The van der Waals surface area contributed by atoms with Crippen LogP contribution < -0.4 is 5.32 Å². The van der Waals surface area contributed by atoms with E-state index >= 15 is 0 Å². The summed E-state index contributed by atoms with van der Waals surface area (Å²) in [4.78, 5) is 62.3. The maximum absolute atomic E-state index is 13.2. The summed E-state index contributed by atoms with van der Waals surface area (Å²) in [6.45, 7) is 9.80. The van der Waals surface area contributed by atoms with Crippen molar-refractivity contribution in [1.82, 2.24) is 5.32 Å². The first kappa shape index (κ1) is 41.9. The molecule has 6 unspecified atom stereocenters. The number of carbonyl (C=O) groups excluding carboxylic acids is 5. The first-order valence-electron chi connectivity index (χ1n) is 19.9. The van der Waals surface area contributed by atoms with E-state index in [-0.39, 0.29) is 46.4 Å². The molecule has 0 bridgehead atoms. The van der Waals surface area contributed by atoms with Gasteiger partial charge in [0.05, 0.1) is 31.3 Å². The summed E-state index contributed by atoms with van der Waals surface area (Å²) in [6, 6.07) is 0. The molecular weight excluding hydrogens is 667 g/mol. The fourth-order valence-electron chi connectivity index (χ4n) is 9.99. The molecule has 0 spiro atoms. The van der Waals surface area contributed by atoms with Crippen LogP contribution >= 0.6 is 11.8 Å². The largest absolute Gasteiger partial charge is 0.379 e. The molecule has 0 saturated heterocycles. The molecule has 288 valence electrons. The van der Waals surface area contributed by atoms with E-state index in [4.69, 9.17) is 14.2 Å². The van der Waals surface area contributed by atoms with Gasteiger partial charge >= 0.3 is 0 Å². The predicted octanol–water partition coefficient (Wildman–Crippen LogP) is 7.23. The number of fused-ring (bicyclic) bond motifs is 5. The highest BCUT2D eigenvalue weighted by Gasteiger charge is 2.60. The number of ketones is 4. The lowest BCUT2D eigenvalue weighted by molar-refractivity contribution is -0.128. The summed E-state index contributed by atoms with van der Waals surface area (Å²) < 4.78 is 16.8. The highest BCUT2D eigenvalue weighted by atomic mass is 32.2. The van der Waals surface area contributed by atoms with E-state index in [0.717, 1.165) is 69.1 Å². The molecule has 4 aliphatic rings. The minimum Gasteiger partial charge on any atom is -0.379 e. The summed E-state index contributed by atoms with van der Waals surface area (Å²) in [5.74, 6) is 3.68. The van der Waals surface area contributed by atoms with Crippen LogP contribution in [-0.2, 0) is 38.2 Å². The van der Waals surface area contributed by atoms with Gasteiger partial charge in [0.1, 0.15) is 17.3 Å².